The first kappa shape index (κ1) is 15.6. The van der Waals surface area contributed by atoms with Crippen molar-refractivity contribution in [1.82, 2.24) is 19.9 Å². The van der Waals surface area contributed by atoms with Crippen molar-refractivity contribution in [3.8, 4) is 11.3 Å². The van der Waals surface area contributed by atoms with Crippen LogP contribution in [0.3, 0.4) is 0 Å². The van der Waals surface area contributed by atoms with Crippen LogP contribution >= 0.6 is 0 Å². The maximum Gasteiger partial charge on any atom is 0.253 e. The highest BCUT2D eigenvalue weighted by molar-refractivity contribution is 5.93. The molecule has 3 rings (SSSR count). The summed E-state index contributed by atoms with van der Waals surface area (Å²) in [5, 5.41) is 2.77. The van der Waals surface area contributed by atoms with Gasteiger partial charge in [0.2, 0.25) is 0 Å². The SMILES string of the molecule is O=C(NCCn1cnc(-c2ccccc2)cc1=O)c1ccncc1. The van der Waals surface area contributed by atoms with Crippen molar-refractivity contribution < 1.29 is 4.79 Å². The molecular weight excluding hydrogens is 304 g/mol. The van der Waals surface area contributed by atoms with E-state index in [0.717, 1.165) is 5.56 Å². The van der Waals surface area contributed by atoms with Gasteiger partial charge in [-0.05, 0) is 12.1 Å². The lowest BCUT2D eigenvalue weighted by atomic mass is 10.1. The summed E-state index contributed by atoms with van der Waals surface area (Å²) < 4.78 is 1.47. The van der Waals surface area contributed by atoms with Crippen LogP contribution in [0.4, 0.5) is 0 Å². The Hall–Kier alpha value is -3.28. The summed E-state index contributed by atoms with van der Waals surface area (Å²) in [6.07, 6.45) is 4.63. The molecule has 0 aliphatic rings. The monoisotopic (exact) mass is 320 g/mol. The molecule has 0 radical (unpaired) electrons. The molecule has 6 heteroatoms. The van der Waals surface area contributed by atoms with Gasteiger partial charge in [0.25, 0.3) is 11.5 Å². The number of pyridine rings is 1. The van der Waals surface area contributed by atoms with E-state index in [1.54, 1.807) is 24.5 Å². The minimum Gasteiger partial charge on any atom is -0.350 e. The first-order chi connectivity index (χ1) is 11.7. The zero-order valence-corrected chi connectivity index (χ0v) is 12.9. The topological polar surface area (TPSA) is 76.9 Å². The fraction of sp³-hybridized carbons (Fsp3) is 0.111. The average molecular weight is 320 g/mol. The maximum absolute atomic E-state index is 12.2. The molecule has 3 aromatic rings. The molecule has 1 aromatic carbocycles. The lowest BCUT2D eigenvalue weighted by Gasteiger charge is -2.08. The van der Waals surface area contributed by atoms with Crippen molar-refractivity contribution in [2.24, 2.45) is 0 Å². The van der Waals surface area contributed by atoms with Crippen molar-refractivity contribution >= 4 is 5.91 Å². The smallest absolute Gasteiger partial charge is 0.253 e. The molecule has 2 heterocycles. The number of rotatable bonds is 5. The third-order valence-electron chi connectivity index (χ3n) is 3.53. The standard InChI is InChI=1S/C18H16N4O2/c23-17-12-16(14-4-2-1-3-5-14)21-13-22(17)11-10-20-18(24)15-6-8-19-9-7-15/h1-9,12-13H,10-11H2,(H,20,24). The Morgan fingerprint density at radius 2 is 1.83 bits per heavy atom. The van der Waals surface area contributed by atoms with Crippen molar-refractivity contribution in [2.75, 3.05) is 6.54 Å². The Balaban J connectivity index is 1.62. The molecule has 0 spiro atoms. The molecule has 0 fully saturated rings. The van der Waals surface area contributed by atoms with E-state index in [1.165, 1.54) is 17.0 Å². The Labute approximate surface area is 138 Å². The molecule has 1 N–H and O–H groups in total. The van der Waals surface area contributed by atoms with Gasteiger partial charge in [-0.3, -0.25) is 19.1 Å². The quantitative estimate of drug-likeness (QED) is 0.777. The minimum atomic E-state index is -0.195. The number of hydrogen-bond donors (Lipinski definition) is 1. The van der Waals surface area contributed by atoms with Crippen molar-refractivity contribution in [2.45, 2.75) is 6.54 Å². The molecule has 0 unspecified atom stereocenters. The molecule has 120 valence electrons. The summed E-state index contributed by atoms with van der Waals surface area (Å²) in [4.78, 5) is 32.3. The van der Waals surface area contributed by atoms with E-state index in [1.807, 2.05) is 30.3 Å². The van der Waals surface area contributed by atoms with Gasteiger partial charge in [-0.2, -0.15) is 0 Å². The molecule has 1 amide bonds. The molecule has 0 atom stereocenters. The van der Waals surface area contributed by atoms with Gasteiger partial charge in [0.05, 0.1) is 12.0 Å². The van der Waals surface area contributed by atoms with Gasteiger partial charge in [0.1, 0.15) is 0 Å². The summed E-state index contributed by atoms with van der Waals surface area (Å²) in [6.45, 7) is 0.700. The second-order valence-corrected chi connectivity index (χ2v) is 5.16. The van der Waals surface area contributed by atoms with E-state index in [-0.39, 0.29) is 11.5 Å². The molecule has 6 nitrogen and oxygen atoms in total. The number of aromatic nitrogens is 3. The number of amides is 1. The first-order valence-corrected chi connectivity index (χ1v) is 7.54. The highest BCUT2D eigenvalue weighted by Gasteiger charge is 2.05. The normalized spacial score (nSPS) is 10.3. The van der Waals surface area contributed by atoms with Crippen LogP contribution in [0.5, 0.6) is 0 Å². The summed E-state index contributed by atoms with van der Waals surface area (Å²) in [5.74, 6) is -0.195. The fourth-order valence-electron chi connectivity index (χ4n) is 2.26. The van der Waals surface area contributed by atoms with Crippen LogP contribution in [0, 0.1) is 0 Å². The zero-order valence-electron chi connectivity index (χ0n) is 12.9. The average Bonchev–Trinajstić information content (AvgIpc) is 2.64. The van der Waals surface area contributed by atoms with E-state index >= 15 is 0 Å². The maximum atomic E-state index is 12.2. The van der Waals surface area contributed by atoms with Crippen molar-refractivity contribution in [3.63, 3.8) is 0 Å². The molecule has 0 bridgehead atoms. The third-order valence-corrected chi connectivity index (χ3v) is 3.53. The second-order valence-electron chi connectivity index (χ2n) is 5.16. The number of carbonyl (C=O) groups is 1. The molecule has 0 saturated carbocycles. The van der Waals surface area contributed by atoms with E-state index in [4.69, 9.17) is 0 Å². The van der Waals surface area contributed by atoms with Gasteiger partial charge < -0.3 is 5.32 Å². The zero-order chi connectivity index (χ0) is 16.8. The van der Waals surface area contributed by atoms with Gasteiger partial charge in [0.15, 0.2) is 0 Å². The highest BCUT2D eigenvalue weighted by atomic mass is 16.1. The van der Waals surface area contributed by atoms with Crippen molar-refractivity contribution in [3.05, 3.63) is 83.2 Å². The summed E-state index contributed by atoms with van der Waals surface area (Å²) in [5.41, 5.74) is 1.92. The Bertz CT molecular complexity index is 876. The van der Waals surface area contributed by atoms with E-state index in [0.29, 0.717) is 24.3 Å². The summed E-state index contributed by atoms with van der Waals surface area (Å²) in [7, 11) is 0. The first-order valence-electron chi connectivity index (χ1n) is 7.54. The Morgan fingerprint density at radius 3 is 2.54 bits per heavy atom. The van der Waals surface area contributed by atoms with Crippen LogP contribution in [-0.2, 0) is 6.54 Å². The van der Waals surface area contributed by atoms with Gasteiger partial charge >= 0.3 is 0 Å². The molecule has 0 aliphatic heterocycles. The van der Waals surface area contributed by atoms with E-state index in [2.05, 4.69) is 15.3 Å². The molecule has 2 aromatic heterocycles. The molecule has 24 heavy (non-hydrogen) atoms. The third kappa shape index (κ3) is 3.73. The number of hydrogen-bond acceptors (Lipinski definition) is 4. The van der Waals surface area contributed by atoms with Crippen LogP contribution in [0.15, 0.2) is 72.0 Å². The Kier molecular flexibility index (Phi) is 4.76. The highest BCUT2D eigenvalue weighted by Crippen LogP contribution is 2.13. The second kappa shape index (κ2) is 7.32. The van der Waals surface area contributed by atoms with Crippen LogP contribution in [0.2, 0.25) is 0 Å². The number of carbonyl (C=O) groups excluding carboxylic acids is 1. The summed E-state index contributed by atoms with van der Waals surface area (Å²) >= 11 is 0. The van der Waals surface area contributed by atoms with Crippen LogP contribution in [0.1, 0.15) is 10.4 Å². The van der Waals surface area contributed by atoms with E-state index < -0.39 is 0 Å². The van der Waals surface area contributed by atoms with E-state index in [9.17, 15) is 9.59 Å². The lowest BCUT2D eigenvalue weighted by molar-refractivity contribution is 0.0952. The lowest BCUT2D eigenvalue weighted by Crippen LogP contribution is -2.30. The molecule has 0 saturated heterocycles. The van der Waals surface area contributed by atoms with Gasteiger partial charge in [-0.1, -0.05) is 30.3 Å². The minimum absolute atomic E-state index is 0.151. The largest absolute Gasteiger partial charge is 0.350 e. The fourth-order valence-corrected chi connectivity index (χ4v) is 2.26. The number of nitrogens with zero attached hydrogens (tertiary/aromatic N) is 3. The van der Waals surface area contributed by atoms with Crippen LogP contribution in [0.25, 0.3) is 11.3 Å². The van der Waals surface area contributed by atoms with Gasteiger partial charge in [-0.15, -0.1) is 0 Å². The predicted octanol–water partition coefficient (Wildman–Crippen LogP) is 1.74. The predicted molar refractivity (Wildman–Crippen MR) is 90.5 cm³/mol. The number of benzene rings is 1. The van der Waals surface area contributed by atoms with Crippen molar-refractivity contribution in [1.29, 1.82) is 0 Å². The molecular formula is C18H16N4O2. The van der Waals surface area contributed by atoms with Gasteiger partial charge in [0, 0.05) is 42.7 Å². The molecule has 0 aliphatic carbocycles. The number of nitrogens with one attached hydrogen (secondary N) is 1. The van der Waals surface area contributed by atoms with Crippen LogP contribution < -0.4 is 10.9 Å². The summed E-state index contributed by atoms with van der Waals surface area (Å²) in [6, 6.07) is 14.3. The van der Waals surface area contributed by atoms with Gasteiger partial charge in [-0.25, -0.2) is 4.98 Å². The Morgan fingerprint density at radius 1 is 1.08 bits per heavy atom. The van der Waals surface area contributed by atoms with Crippen LogP contribution in [-0.4, -0.2) is 27.0 Å².